The molecular formula is C13H17N3O2S. The van der Waals surface area contributed by atoms with E-state index in [2.05, 4.69) is 10.3 Å². The first-order chi connectivity index (χ1) is 9.12. The zero-order chi connectivity index (χ0) is 13.5. The summed E-state index contributed by atoms with van der Waals surface area (Å²) >= 11 is 1.52. The van der Waals surface area contributed by atoms with Gasteiger partial charge in [0.1, 0.15) is 17.1 Å². The Kier molecular flexibility index (Phi) is 3.05. The largest absolute Gasteiger partial charge is 0.340 e. The number of rotatable bonds is 2. The van der Waals surface area contributed by atoms with Crippen molar-refractivity contribution in [3.05, 3.63) is 16.6 Å². The van der Waals surface area contributed by atoms with Crippen LogP contribution in [0.25, 0.3) is 0 Å². The van der Waals surface area contributed by atoms with Gasteiger partial charge in [-0.15, -0.1) is 11.3 Å². The van der Waals surface area contributed by atoms with Crippen LogP contribution in [0.5, 0.6) is 0 Å². The fourth-order valence-corrected chi connectivity index (χ4v) is 3.77. The van der Waals surface area contributed by atoms with Crippen LogP contribution >= 0.6 is 11.3 Å². The molecule has 0 bridgehead atoms. The summed E-state index contributed by atoms with van der Waals surface area (Å²) in [5.41, 5.74) is -0.638. The minimum absolute atomic E-state index is 0.0510. The number of piperazine rings is 1. The van der Waals surface area contributed by atoms with Crippen molar-refractivity contribution in [3.8, 4) is 0 Å². The summed E-state index contributed by atoms with van der Waals surface area (Å²) in [6.07, 6.45) is 5.27. The van der Waals surface area contributed by atoms with Gasteiger partial charge < -0.3 is 10.2 Å². The highest BCUT2D eigenvalue weighted by molar-refractivity contribution is 7.09. The third kappa shape index (κ3) is 2.04. The lowest BCUT2D eigenvalue weighted by Gasteiger charge is -2.41. The Hall–Kier alpha value is -1.43. The maximum absolute atomic E-state index is 12.7. The average molecular weight is 279 g/mol. The maximum atomic E-state index is 12.7. The minimum Gasteiger partial charge on any atom is -0.340 e. The lowest BCUT2D eigenvalue weighted by molar-refractivity contribution is -0.152. The van der Waals surface area contributed by atoms with Gasteiger partial charge in [0.05, 0.1) is 6.04 Å². The fraction of sp³-hybridized carbons (Fsp3) is 0.615. The van der Waals surface area contributed by atoms with E-state index >= 15 is 0 Å². The van der Waals surface area contributed by atoms with E-state index in [-0.39, 0.29) is 24.4 Å². The van der Waals surface area contributed by atoms with Crippen molar-refractivity contribution in [3.63, 3.8) is 0 Å². The molecule has 19 heavy (non-hydrogen) atoms. The van der Waals surface area contributed by atoms with Crippen molar-refractivity contribution in [2.45, 2.75) is 44.2 Å². The van der Waals surface area contributed by atoms with E-state index in [1.54, 1.807) is 11.1 Å². The van der Waals surface area contributed by atoms with Gasteiger partial charge >= 0.3 is 0 Å². The average Bonchev–Trinajstić information content (AvgIpc) is 3.04. The molecule has 1 N–H and O–H groups in total. The summed E-state index contributed by atoms with van der Waals surface area (Å²) in [6.45, 7) is 2.08. The molecule has 1 saturated heterocycles. The summed E-state index contributed by atoms with van der Waals surface area (Å²) in [6, 6.07) is -0.129. The monoisotopic (exact) mass is 279 g/mol. The summed E-state index contributed by atoms with van der Waals surface area (Å²) < 4.78 is 0. The first-order valence-corrected chi connectivity index (χ1v) is 7.52. The Balaban J connectivity index is 1.88. The number of thiazole rings is 1. The van der Waals surface area contributed by atoms with Crippen molar-refractivity contribution in [2.75, 3.05) is 6.54 Å². The zero-order valence-corrected chi connectivity index (χ0v) is 11.7. The minimum atomic E-state index is -0.638. The maximum Gasteiger partial charge on any atom is 0.249 e. The SMILES string of the molecule is CC(c1nccs1)N1CC(=O)NC2(CCCC2)C1=O. The Morgan fingerprint density at radius 2 is 2.16 bits per heavy atom. The number of hydrogen-bond acceptors (Lipinski definition) is 4. The van der Waals surface area contributed by atoms with Gasteiger partial charge in [-0.05, 0) is 19.8 Å². The smallest absolute Gasteiger partial charge is 0.249 e. The van der Waals surface area contributed by atoms with Crippen molar-refractivity contribution >= 4 is 23.2 Å². The molecule has 2 fully saturated rings. The van der Waals surface area contributed by atoms with E-state index in [0.29, 0.717) is 0 Å². The molecule has 1 aliphatic heterocycles. The van der Waals surface area contributed by atoms with Crippen LogP contribution in [-0.4, -0.2) is 33.8 Å². The van der Waals surface area contributed by atoms with E-state index in [1.807, 2.05) is 12.3 Å². The summed E-state index contributed by atoms with van der Waals surface area (Å²) in [4.78, 5) is 30.6. The van der Waals surface area contributed by atoms with Crippen molar-refractivity contribution in [1.29, 1.82) is 0 Å². The second-order valence-corrected chi connectivity index (χ2v) is 6.24. The van der Waals surface area contributed by atoms with Crippen molar-refractivity contribution in [1.82, 2.24) is 15.2 Å². The molecule has 1 unspecified atom stereocenters. The van der Waals surface area contributed by atoms with Crippen molar-refractivity contribution in [2.24, 2.45) is 0 Å². The van der Waals surface area contributed by atoms with Gasteiger partial charge in [-0.25, -0.2) is 4.98 Å². The molecule has 2 heterocycles. The van der Waals surface area contributed by atoms with Gasteiger partial charge in [0.2, 0.25) is 11.8 Å². The molecule has 0 radical (unpaired) electrons. The predicted octanol–water partition coefficient (Wildman–Crippen LogP) is 1.48. The van der Waals surface area contributed by atoms with Gasteiger partial charge in [-0.3, -0.25) is 9.59 Å². The Labute approximate surface area is 116 Å². The summed E-state index contributed by atoms with van der Waals surface area (Å²) in [5.74, 6) is 0.0113. The molecule has 1 saturated carbocycles. The molecule has 1 spiro atoms. The number of carbonyl (C=O) groups excluding carboxylic acids is 2. The van der Waals surface area contributed by atoms with Gasteiger partial charge in [0.15, 0.2) is 0 Å². The van der Waals surface area contributed by atoms with E-state index < -0.39 is 5.54 Å². The number of aromatic nitrogens is 1. The third-order valence-corrected chi connectivity index (χ3v) is 5.04. The number of nitrogens with one attached hydrogen (secondary N) is 1. The number of nitrogens with zero attached hydrogens (tertiary/aromatic N) is 2. The zero-order valence-electron chi connectivity index (χ0n) is 10.9. The summed E-state index contributed by atoms with van der Waals surface area (Å²) in [7, 11) is 0. The molecule has 0 aromatic carbocycles. The quantitative estimate of drug-likeness (QED) is 0.892. The second kappa shape index (κ2) is 4.59. The van der Waals surface area contributed by atoms with Crippen LogP contribution in [0.4, 0.5) is 0 Å². The van der Waals surface area contributed by atoms with Crippen molar-refractivity contribution < 1.29 is 9.59 Å². The Morgan fingerprint density at radius 3 is 2.79 bits per heavy atom. The first kappa shape index (κ1) is 12.6. The standard InChI is InChI=1S/C13H17N3O2S/c1-9(11-14-6-7-19-11)16-8-10(17)15-13(12(16)18)4-2-3-5-13/h6-7,9H,2-5,8H2,1H3,(H,15,17). The second-order valence-electron chi connectivity index (χ2n) is 5.32. The molecule has 1 atom stereocenters. The Bertz CT molecular complexity index is 494. The van der Waals surface area contributed by atoms with Gasteiger partial charge in [-0.1, -0.05) is 12.8 Å². The highest BCUT2D eigenvalue weighted by atomic mass is 32.1. The highest BCUT2D eigenvalue weighted by Crippen LogP contribution is 2.36. The number of amides is 2. The van der Waals surface area contributed by atoms with E-state index in [9.17, 15) is 9.59 Å². The van der Waals surface area contributed by atoms with Gasteiger partial charge in [-0.2, -0.15) is 0 Å². The third-order valence-electron chi connectivity index (χ3n) is 4.10. The molecule has 1 aromatic rings. The van der Waals surface area contributed by atoms with Crippen LogP contribution in [-0.2, 0) is 9.59 Å². The predicted molar refractivity (Wildman–Crippen MR) is 71.6 cm³/mol. The van der Waals surface area contributed by atoms with Gasteiger partial charge in [0.25, 0.3) is 0 Å². The summed E-state index contributed by atoms with van der Waals surface area (Å²) in [5, 5.41) is 5.70. The lowest BCUT2D eigenvalue weighted by atomic mass is 9.92. The van der Waals surface area contributed by atoms with Crippen LogP contribution in [0.3, 0.4) is 0 Å². The number of hydrogen-bond donors (Lipinski definition) is 1. The highest BCUT2D eigenvalue weighted by Gasteiger charge is 2.49. The molecule has 6 heteroatoms. The van der Waals surface area contributed by atoms with Gasteiger partial charge in [0, 0.05) is 11.6 Å². The molecule has 3 rings (SSSR count). The molecule has 1 aliphatic carbocycles. The number of carbonyl (C=O) groups is 2. The van der Waals surface area contributed by atoms with Crippen LogP contribution in [0, 0.1) is 0 Å². The molecular weight excluding hydrogens is 262 g/mol. The van der Waals surface area contributed by atoms with Crippen LogP contribution in [0.2, 0.25) is 0 Å². The molecule has 2 aliphatic rings. The van der Waals surface area contributed by atoms with E-state index in [1.165, 1.54) is 11.3 Å². The normalized spacial score (nSPS) is 23.7. The van der Waals surface area contributed by atoms with Crippen LogP contribution in [0.1, 0.15) is 43.7 Å². The first-order valence-electron chi connectivity index (χ1n) is 6.64. The molecule has 102 valence electrons. The topological polar surface area (TPSA) is 62.3 Å². The van der Waals surface area contributed by atoms with E-state index in [0.717, 1.165) is 30.7 Å². The lowest BCUT2D eigenvalue weighted by Crippen LogP contribution is -2.65. The van der Waals surface area contributed by atoms with Crippen LogP contribution < -0.4 is 5.32 Å². The van der Waals surface area contributed by atoms with Crippen LogP contribution in [0.15, 0.2) is 11.6 Å². The van der Waals surface area contributed by atoms with E-state index in [4.69, 9.17) is 0 Å². The fourth-order valence-electron chi connectivity index (χ4n) is 3.07. The molecule has 1 aromatic heterocycles. The molecule has 5 nitrogen and oxygen atoms in total. The molecule has 2 amide bonds. The Morgan fingerprint density at radius 1 is 1.42 bits per heavy atom.